The van der Waals surface area contributed by atoms with Crippen LogP contribution in [0.5, 0.6) is 0 Å². The lowest BCUT2D eigenvalue weighted by atomic mass is 10.1. The van der Waals surface area contributed by atoms with Crippen molar-refractivity contribution in [1.82, 2.24) is 10.2 Å². The van der Waals surface area contributed by atoms with E-state index in [1.54, 1.807) is 30.0 Å². The van der Waals surface area contributed by atoms with Crippen LogP contribution in [0.2, 0.25) is 10.0 Å². The fourth-order valence-corrected chi connectivity index (χ4v) is 4.33. The summed E-state index contributed by atoms with van der Waals surface area (Å²) in [6, 6.07) is 14.5. The molecule has 0 aromatic heterocycles. The van der Waals surface area contributed by atoms with E-state index in [0.29, 0.717) is 28.9 Å². The topological polar surface area (TPSA) is 49.4 Å². The van der Waals surface area contributed by atoms with E-state index in [1.807, 2.05) is 37.3 Å². The van der Waals surface area contributed by atoms with Gasteiger partial charge in [-0.25, -0.2) is 0 Å². The highest BCUT2D eigenvalue weighted by Crippen LogP contribution is 2.28. The van der Waals surface area contributed by atoms with Crippen LogP contribution >= 0.6 is 35.0 Å². The monoisotopic (exact) mass is 438 g/mol. The Kier molecular flexibility index (Phi) is 9.16. The Morgan fingerprint density at radius 2 is 1.71 bits per heavy atom. The first kappa shape index (κ1) is 22.6. The molecule has 1 atom stereocenters. The fraction of sp³-hybridized carbons (Fsp3) is 0.333. The van der Waals surface area contributed by atoms with Crippen molar-refractivity contribution in [3.63, 3.8) is 0 Å². The lowest BCUT2D eigenvalue weighted by Crippen LogP contribution is -2.48. The van der Waals surface area contributed by atoms with Gasteiger partial charge in [0.05, 0.1) is 5.75 Å². The minimum Gasteiger partial charge on any atom is -0.355 e. The van der Waals surface area contributed by atoms with Gasteiger partial charge in [0.2, 0.25) is 11.8 Å². The van der Waals surface area contributed by atoms with Crippen LogP contribution < -0.4 is 5.32 Å². The molecule has 2 aromatic carbocycles. The summed E-state index contributed by atoms with van der Waals surface area (Å²) in [6.07, 6.45) is 0. The first-order chi connectivity index (χ1) is 13.4. The van der Waals surface area contributed by atoms with Crippen molar-refractivity contribution in [2.24, 2.45) is 0 Å². The Morgan fingerprint density at radius 3 is 2.32 bits per heavy atom. The van der Waals surface area contributed by atoms with Crippen LogP contribution in [0.15, 0.2) is 48.5 Å². The molecular weight excluding hydrogens is 415 g/mol. The smallest absolute Gasteiger partial charge is 0.242 e. The van der Waals surface area contributed by atoms with E-state index in [0.717, 1.165) is 11.1 Å². The summed E-state index contributed by atoms with van der Waals surface area (Å²) in [5.74, 6) is 0.499. The van der Waals surface area contributed by atoms with Gasteiger partial charge in [0.25, 0.3) is 0 Å². The van der Waals surface area contributed by atoms with E-state index in [2.05, 4.69) is 5.32 Å². The molecule has 0 heterocycles. The number of nitrogens with zero attached hydrogens (tertiary/aromatic N) is 1. The minimum absolute atomic E-state index is 0.101. The van der Waals surface area contributed by atoms with Crippen molar-refractivity contribution in [1.29, 1.82) is 0 Å². The van der Waals surface area contributed by atoms with Crippen LogP contribution in [0.1, 0.15) is 25.0 Å². The highest BCUT2D eigenvalue weighted by atomic mass is 35.5. The normalized spacial score (nSPS) is 11.7. The number of hydrogen-bond acceptors (Lipinski definition) is 3. The maximum Gasteiger partial charge on any atom is 0.242 e. The van der Waals surface area contributed by atoms with E-state index in [-0.39, 0.29) is 17.6 Å². The standard InChI is InChI=1S/C21H24Cl2N2O2S/c1-3-24-21(27)15(2)25(12-16-8-5-4-6-9-16)20(26)14-28-13-17-18(22)10-7-11-19(17)23/h4-11,15H,3,12-14H2,1-2H3,(H,24,27)/t15-/m0/s1. The number of likely N-dealkylation sites (N-methyl/N-ethyl adjacent to an activating group) is 1. The van der Waals surface area contributed by atoms with Crippen molar-refractivity contribution in [3.8, 4) is 0 Å². The predicted octanol–water partition coefficient (Wildman–Crippen LogP) is 4.78. The molecule has 4 nitrogen and oxygen atoms in total. The summed E-state index contributed by atoms with van der Waals surface area (Å²) >= 11 is 13.8. The highest BCUT2D eigenvalue weighted by molar-refractivity contribution is 7.99. The van der Waals surface area contributed by atoms with Crippen LogP contribution in [0.25, 0.3) is 0 Å². The molecule has 28 heavy (non-hydrogen) atoms. The maximum absolute atomic E-state index is 12.9. The van der Waals surface area contributed by atoms with E-state index in [4.69, 9.17) is 23.2 Å². The molecule has 2 rings (SSSR count). The number of carbonyl (C=O) groups excluding carboxylic acids is 2. The summed E-state index contributed by atoms with van der Waals surface area (Å²) in [6.45, 7) is 4.51. The Bertz CT molecular complexity index is 782. The first-order valence-electron chi connectivity index (χ1n) is 9.05. The number of halogens is 2. The summed E-state index contributed by atoms with van der Waals surface area (Å²) in [7, 11) is 0. The first-order valence-corrected chi connectivity index (χ1v) is 11.0. The quantitative estimate of drug-likeness (QED) is 0.612. The van der Waals surface area contributed by atoms with Gasteiger partial charge in [0.15, 0.2) is 0 Å². The molecule has 0 unspecified atom stereocenters. The molecule has 2 aromatic rings. The average Bonchev–Trinajstić information content (AvgIpc) is 2.68. The second-order valence-electron chi connectivity index (χ2n) is 6.27. The third kappa shape index (κ3) is 6.43. The van der Waals surface area contributed by atoms with Crippen LogP contribution in [-0.2, 0) is 21.9 Å². The Labute approximate surface area is 180 Å². The van der Waals surface area contributed by atoms with Gasteiger partial charge in [-0.1, -0.05) is 59.6 Å². The third-order valence-corrected chi connectivity index (χ3v) is 5.90. The number of hydrogen-bond donors (Lipinski definition) is 1. The molecule has 150 valence electrons. The molecule has 0 radical (unpaired) electrons. The SMILES string of the molecule is CCNC(=O)[C@H](C)N(Cc1ccccc1)C(=O)CSCc1c(Cl)cccc1Cl. The molecule has 0 spiro atoms. The van der Waals surface area contributed by atoms with Gasteiger partial charge in [-0.05, 0) is 37.1 Å². The number of rotatable bonds is 9. The van der Waals surface area contributed by atoms with Crippen LogP contribution in [-0.4, -0.2) is 35.1 Å². The van der Waals surface area contributed by atoms with E-state index >= 15 is 0 Å². The van der Waals surface area contributed by atoms with Crippen LogP contribution in [0, 0.1) is 0 Å². The van der Waals surface area contributed by atoms with Crippen molar-refractivity contribution in [2.75, 3.05) is 12.3 Å². The number of nitrogens with one attached hydrogen (secondary N) is 1. The molecule has 2 amide bonds. The van der Waals surface area contributed by atoms with E-state index < -0.39 is 6.04 Å². The molecule has 0 aliphatic rings. The Hall–Kier alpha value is -1.69. The summed E-state index contributed by atoms with van der Waals surface area (Å²) in [4.78, 5) is 26.8. The van der Waals surface area contributed by atoms with Crippen molar-refractivity contribution in [3.05, 3.63) is 69.7 Å². The molecule has 0 bridgehead atoms. The molecule has 0 saturated carbocycles. The number of thioether (sulfide) groups is 1. The average molecular weight is 439 g/mol. The number of amides is 2. The molecule has 7 heteroatoms. The van der Waals surface area contributed by atoms with Gasteiger partial charge in [-0.3, -0.25) is 9.59 Å². The van der Waals surface area contributed by atoms with Gasteiger partial charge in [-0.15, -0.1) is 11.8 Å². The highest BCUT2D eigenvalue weighted by Gasteiger charge is 2.25. The van der Waals surface area contributed by atoms with Gasteiger partial charge in [0.1, 0.15) is 6.04 Å². The second-order valence-corrected chi connectivity index (χ2v) is 8.07. The van der Waals surface area contributed by atoms with Crippen molar-refractivity contribution >= 4 is 46.8 Å². The number of benzene rings is 2. The second kappa shape index (κ2) is 11.3. The van der Waals surface area contributed by atoms with Crippen molar-refractivity contribution < 1.29 is 9.59 Å². The Morgan fingerprint density at radius 1 is 1.07 bits per heavy atom. The lowest BCUT2D eigenvalue weighted by Gasteiger charge is -2.28. The third-order valence-electron chi connectivity index (χ3n) is 4.25. The summed E-state index contributed by atoms with van der Waals surface area (Å²) < 4.78 is 0. The number of carbonyl (C=O) groups is 2. The molecule has 0 aliphatic heterocycles. The van der Waals surface area contributed by atoms with Crippen LogP contribution in [0.3, 0.4) is 0 Å². The van der Waals surface area contributed by atoms with Crippen molar-refractivity contribution in [2.45, 2.75) is 32.2 Å². The summed E-state index contributed by atoms with van der Waals surface area (Å²) in [5, 5.41) is 3.96. The summed E-state index contributed by atoms with van der Waals surface area (Å²) in [5.41, 5.74) is 1.79. The Balaban J connectivity index is 2.06. The fourth-order valence-electron chi connectivity index (χ4n) is 2.68. The molecular formula is C21H24Cl2N2O2S. The maximum atomic E-state index is 12.9. The largest absolute Gasteiger partial charge is 0.355 e. The lowest BCUT2D eigenvalue weighted by molar-refractivity contribution is -0.138. The van der Waals surface area contributed by atoms with E-state index in [9.17, 15) is 9.59 Å². The molecule has 0 fully saturated rings. The molecule has 1 N–H and O–H groups in total. The van der Waals surface area contributed by atoms with Crippen LogP contribution in [0.4, 0.5) is 0 Å². The van der Waals surface area contributed by atoms with E-state index in [1.165, 1.54) is 11.8 Å². The zero-order valence-corrected chi connectivity index (χ0v) is 18.3. The zero-order chi connectivity index (χ0) is 20.5. The van der Waals surface area contributed by atoms with Gasteiger partial charge >= 0.3 is 0 Å². The van der Waals surface area contributed by atoms with Gasteiger partial charge in [0, 0.05) is 28.9 Å². The minimum atomic E-state index is -0.558. The molecule has 0 aliphatic carbocycles. The predicted molar refractivity (Wildman–Crippen MR) is 118 cm³/mol. The molecule has 0 saturated heterocycles. The van der Waals surface area contributed by atoms with Gasteiger partial charge in [-0.2, -0.15) is 0 Å². The van der Waals surface area contributed by atoms with Gasteiger partial charge < -0.3 is 10.2 Å². The zero-order valence-electron chi connectivity index (χ0n) is 16.0.